The van der Waals surface area contributed by atoms with E-state index in [0.29, 0.717) is 93.7 Å². The van der Waals surface area contributed by atoms with Gasteiger partial charge in [0, 0.05) is 145 Å². The van der Waals surface area contributed by atoms with Crippen LogP contribution in [0.1, 0.15) is 211 Å². The molecule has 6 aliphatic rings. The van der Waals surface area contributed by atoms with Gasteiger partial charge in [-0.05, 0) is 157 Å². The molecule has 3 atom stereocenters. The van der Waals surface area contributed by atoms with Crippen molar-refractivity contribution in [2.45, 2.75) is 223 Å². The smallest absolute Gasteiger partial charge is 0.250 e. The van der Waals surface area contributed by atoms with E-state index in [9.17, 15) is 15.0 Å². The minimum atomic E-state index is -0.839. The number of aromatic nitrogens is 17. The van der Waals surface area contributed by atoms with E-state index >= 15 is 0 Å². The van der Waals surface area contributed by atoms with Gasteiger partial charge in [0.2, 0.25) is 35.5 Å². The number of anilines is 3. The number of aliphatic hydroxyl groups is 2. The Kier molecular flexibility index (Phi) is 22.8. The van der Waals surface area contributed by atoms with Gasteiger partial charge in [-0.15, -0.1) is 25.5 Å². The summed E-state index contributed by atoms with van der Waals surface area (Å²) in [4.78, 5) is 29.0. The van der Waals surface area contributed by atoms with Gasteiger partial charge in [-0.25, -0.2) is 28.5 Å². The van der Waals surface area contributed by atoms with E-state index in [-0.39, 0.29) is 36.1 Å². The summed E-state index contributed by atoms with van der Waals surface area (Å²) in [6.45, 7) is 23.8. The van der Waals surface area contributed by atoms with Gasteiger partial charge in [-0.1, -0.05) is 19.8 Å². The topological polar surface area (TPSA) is 326 Å². The molecule has 10 aromatic rings. The molecule has 0 bridgehead atoms. The quantitative estimate of drug-likeness (QED) is 0.0375. The number of rotatable bonds is 24. The van der Waals surface area contributed by atoms with Crippen LogP contribution < -0.4 is 16.0 Å². The Morgan fingerprint density at radius 1 is 0.574 bits per heavy atom. The number of methoxy groups -OCH3 is 3. The normalized spacial score (nSPS) is 22.5. The van der Waals surface area contributed by atoms with Crippen molar-refractivity contribution in [2.75, 3.05) is 96.6 Å². The number of carbonyl (C=O) groups excluding carboxylic acids is 1. The molecule has 580 valence electrons. The van der Waals surface area contributed by atoms with Gasteiger partial charge in [-0.3, -0.25) is 18.8 Å². The van der Waals surface area contributed by atoms with E-state index in [2.05, 4.69) is 94.1 Å². The second-order valence-electron chi connectivity index (χ2n) is 32.3. The Balaban J connectivity index is 0.000000136. The second kappa shape index (κ2) is 32.4. The Morgan fingerprint density at radius 3 is 1.47 bits per heavy atom. The fourth-order valence-corrected chi connectivity index (χ4v) is 15.7. The van der Waals surface area contributed by atoms with Crippen LogP contribution in [0.2, 0.25) is 0 Å². The summed E-state index contributed by atoms with van der Waals surface area (Å²) in [5, 5.41) is 67.8. The molecule has 0 radical (unpaired) electrons. The lowest BCUT2D eigenvalue weighted by atomic mass is 9.78. The maximum absolute atomic E-state index is 13.4. The molecule has 6 fully saturated rings. The van der Waals surface area contributed by atoms with Crippen LogP contribution >= 0.6 is 0 Å². The SMILES string of the molecule is COC[C@H](C)Nc1ncc2c(-c3cnn(C(C)(C)C(=O)N4CCOCC4)c3)cc(C3CCC(C)(O)CC3)n2n1.COC[C@H](C)Nc1ncc2c(-c3cnn(C(C)(C)c4nnc(C5CC5)o4)c3)cc(C3CCC(O)CC3)n2n1.COC[C@H](C)Nc1ncc2c(-c3cnn(C4COC4)c3)cc(C3CCC(C)CC3)n2n1. The molecule has 12 heterocycles. The zero-order chi connectivity index (χ0) is 75.6. The van der Waals surface area contributed by atoms with Gasteiger partial charge in [0.05, 0.1) is 118 Å². The lowest BCUT2D eigenvalue weighted by Gasteiger charge is -2.34. The molecule has 0 spiro atoms. The van der Waals surface area contributed by atoms with Gasteiger partial charge < -0.3 is 59.2 Å². The van der Waals surface area contributed by atoms with E-state index in [1.165, 1.54) is 31.4 Å². The molecule has 5 N–H and O–H groups in total. The predicted octanol–water partition coefficient (Wildman–Crippen LogP) is 11.0. The molecular weight excluding hydrogens is 1370 g/mol. The Hall–Kier alpha value is -8.78. The van der Waals surface area contributed by atoms with E-state index in [4.69, 9.17) is 48.5 Å². The van der Waals surface area contributed by atoms with Crippen molar-refractivity contribution in [2.24, 2.45) is 5.92 Å². The average Bonchev–Trinajstić information content (AvgIpc) is 1.62. The Bertz CT molecular complexity index is 4660. The molecule has 0 unspecified atom stereocenters. The number of nitrogens with zero attached hydrogens (tertiary/aromatic N) is 18. The molecule has 30 nitrogen and oxygen atoms in total. The van der Waals surface area contributed by atoms with Crippen molar-refractivity contribution in [3.8, 4) is 33.4 Å². The molecule has 0 aromatic carbocycles. The maximum atomic E-state index is 13.4. The molecule has 10 aromatic heterocycles. The lowest BCUT2D eigenvalue weighted by molar-refractivity contribution is -0.143. The van der Waals surface area contributed by atoms with Crippen LogP contribution in [0.25, 0.3) is 49.9 Å². The zero-order valence-corrected chi connectivity index (χ0v) is 64.8. The van der Waals surface area contributed by atoms with Gasteiger partial charge in [0.1, 0.15) is 11.1 Å². The fraction of sp³-hybridized carbons (Fsp3) is 0.615. The number of amides is 1. The van der Waals surface area contributed by atoms with Crippen molar-refractivity contribution in [3.63, 3.8) is 0 Å². The summed E-state index contributed by atoms with van der Waals surface area (Å²) < 4.78 is 44.3. The number of carbonyl (C=O) groups is 1. The molecular formula is C78H109N21O9. The van der Waals surface area contributed by atoms with Gasteiger partial charge in [0.15, 0.2) is 0 Å². The molecule has 2 saturated heterocycles. The molecule has 4 saturated carbocycles. The predicted molar refractivity (Wildman–Crippen MR) is 408 cm³/mol. The van der Waals surface area contributed by atoms with Crippen molar-refractivity contribution in [1.82, 2.24) is 88.2 Å². The molecule has 2 aliphatic heterocycles. The standard InChI is InChI=1S/C28H41N7O4.C27H36N8O3.C23H32N6O2/c1-19(18-38-5)31-26-29-16-24-22(14-23(35(24)32-26)20-6-8-28(4,37)9-7-20)21-15-30-34(17-21)27(2,3)25(36)33-10-12-39-13-11-33;1-16(15-37-4)30-26-28-13-23-21(11-22(35(23)33-26)17-7-9-20(36)10-8-17)19-12-29-34(14-19)27(2,3)25-32-31-24(38-25)18-5-6-18;1-15-4-6-17(7-5-15)21-8-20(18-9-25-28(11-18)19-13-31-14-19)22-10-24-23(27-29(21)22)26-16(2)12-30-3/h14-17,19-20,37H,6-13,18H2,1-5H3,(H,31,32);11-14,16-18,20,36H,5-10,15H2,1-4H3,(H,30,33);8-11,15-17,19H,4-7,12-14H2,1-3H3,(H,26,27)/t19-,20?,28?;16-,17?,20?;15?,16-,17?/m000/s1. The largest absolute Gasteiger partial charge is 0.422 e. The number of fused-ring (bicyclic) bond motifs is 3. The highest BCUT2D eigenvalue weighted by atomic mass is 16.5. The first-order valence-electron chi connectivity index (χ1n) is 38.8. The summed E-state index contributed by atoms with van der Waals surface area (Å²) in [5.74, 6) is 5.34. The van der Waals surface area contributed by atoms with Crippen molar-refractivity contribution in [3.05, 3.63) is 103 Å². The van der Waals surface area contributed by atoms with Crippen LogP contribution in [0.3, 0.4) is 0 Å². The third-order valence-electron chi connectivity index (χ3n) is 22.6. The monoisotopic (exact) mass is 1480 g/mol. The number of hydrogen-bond donors (Lipinski definition) is 5. The summed E-state index contributed by atoms with van der Waals surface area (Å²) >= 11 is 0. The Labute approximate surface area is 630 Å². The lowest BCUT2D eigenvalue weighted by Crippen LogP contribution is -2.51. The summed E-state index contributed by atoms with van der Waals surface area (Å²) in [6, 6.07) is 7.31. The van der Waals surface area contributed by atoms with Crippen LogP contribution in [-0.2, 0) is 39.6 Å². The molecule has 4 aliphatic carbocycles. The highest BCUT2D eigenvalue weighted by Gasteiger charge is 2.39. The number of nitrogens with one attached hydrogen (secondary N) is 3. The zero-order valence-electron chi connectivity index (χ0n) is 64.8. The van der Waals surface area contributed by atoms with Gasteiger partial charge in [-0.2, -0.15) is 15.3 Å². The van der Waals surface area contributed by atoms with Gasteiger partial charge >= 0.3 is 0 Å². The summed E-state index contributed by atoms with van der Waals surface area (Å²) in [6.07, 6.45) is 31.0. The molecule has 1 amide bonds. The van der Waals surface area contributed by atoms with E-state index < -0.39 is 16.7 Å². The molecule has 16 rings (SSSR count). The minimum absolute atomic E-state index is 0.0290. The summed E-state index contributed by atoms with van der Waals surface area (Å²) in [7, 11) is 5.06. The van der Waals surface area contributed by atoms with Crippen LogP contribution in [0.15, 0.2) is 78.4 Å². The molecule has 108 heavy (non-hydrogen) atoms. The van der Waals surface area contributed by atoms with Crippen LogP contribution in [0, 0.1) is 5.92 Å². The number of morpholine rings is 1. The van der Waals surface area contributed by atoms with Crippen LogP contribution in [0.5, 0.6) is 0 Å². The number of hydrogen-bond acceptors (Lipinski definition) is 23. The minimum Gasteiger partial charge on any atom is -0.422 e. The highest BCUT2D eigenvalue weighted by molar-refractivity contribution is 5.85. The Morgan fingerprint density at radius 2 is 1.01 bits per heavy atom. The fourth-order valence-electron chi connectivity index (χ4n) is 15.7. The van der Waals surface area contributed by atoms with Crippen LogP contribution in [-0.4, -0.2) is 215 Å². The first-order valence-corrected chi connectivity index (χ1v) is 38.8. The maximum Gasteiger partial charge on any atom is 0.250 e. The first kappa shape index (κ1) is 76.0. The number of ether oxygens (including phenoxy) is 5. The number of aliphatic hydroxyl groups excluding tert-OH is 1. The third kappa shape index (κ3) is 16.7. The van der Waals surface area contributed by atoms with Crippen LogP contribution in [0.4, 0.5) is 17.8 Å². The average molecular weight is 1480 g/mol. The van der Waals surface area contributed by atoms with Gasteiger partial charge in [0.25, 0.3) is 0 Å². The van der Waals surface area contributed by atoms with E-state index in [1.54, 1.807) is 26.0 Å². The first-order chi connectivity index (χ1) is 52.0. The second-order valence-corrected chi connectivity index (χ2v) is 32.3. The van der Waals surface area contributed by atoms with Crippen molar-refractivity contribution < 1.29 is 43.1 Å². The van der Waals surface area contributed by atoms with Crippen molar-refractivity contribution in [1.29, 1.82) is 0 Å². The van der Waals surface area contributed by atoms with E-state index in [0.717, 1.165) is 151 Å². The third-order valence-corrected chi connectivity index (χ3v) is 22.6. The molecule has 30 heteroatoms. The van der Waals surface area contributed by atoms with Crippen molar-refractivity contribution >= 4 is 40.3 Å². The highest BCUT2D eigenvalue weighted by Crippen LogP contribution is 2.45. The summed E-state index contributed by atoms with van der Waals surface area (Å²) in [5.41, 5.74) is 10.4. The van der Waals surface area contributed by atoms with E-state index in [1.807, 2.05) is 121 Å².